The number of anilines is 1. The van der Waals surface area contributed by atoms with Gasteiger partial charge in [0.1, 0.15) is 11.5 Å². The number of hydrogen-bond donors (Lipinski definition) is 1. The van der Waals surface area contributed by atoms with Crippen molar-refractivity contribution in [1.29, 1.82) is 0 Å². The van der Waals surface area contributed by atoms with E-state index in [2.05, 4.69) is 9.72 Å². The Kier molecular flexibility index (Phi) is 4.62. The molecule has 0 atom stereocenters. The van der Waals surface area contributed by atoms with Crippen LogP contribution in [0.2, 0.25) is 0 Å². The highest BCUT2D eigenvalue weighted by Crippen LogP contribution is 2.27. The number of hydrogen-bond acceptors (Lipinski definition) is 4. The van der Waals surface area contributed by atoms with Gasteiger partial charge in [-0.25, -0.2) is 18.6 Å². The molecule has 94 valence electrons. The van der Waals surface area contributed by atoms with E-state index in [4.69, 9.17) is 17.3 Å². The second kappa shape index (κ2) is 5.77. The zero-order valence-corrected chi connectivity index (χ0v) is 9.80. The van der Waals surface area contributed by atoms with E-state index >= 15 is 0 Å². The summed E-state index contributed by atoms with van der Waals surface area (Å²) in [4.78, 5) is 15.0. The molecule has 1 heterocycles. The number of esters is 1. The Hall–Kier alpha value is -1.43. The molecule has 1 rings (SSSR count). The lowest BCUT2D eigenvalue weighted by molar-refractivity contribution is 0.0512. The number of ether oxygens (including phenoxy) is 1. The van der Waals surface area contributed by atoms with Gasteiger partial charge in [0.25, 0.3) is 6.43 Å². The number of nitrogens with two attached hydrogens (primary N) is 1. The summed E-state index contributed by atoms with van der Waals surface area (Å²) in [5.41, 5.74) is 4.55. The molecule has 0 aromatic carbocycles. The first-order valence-electron chi connectivity index (χ1n) is 4.81. The zero-order chi connectivity index (χ0) is 13.0. The minimum atomic E-state index is -2.92. The molecule has 17 heavy (non-hydrogen) atoms. The molecule has 0 radical (unpaired) electrons. The molecule has 1 aromatic heterocycles. The third-order valence-corrected chi connectivity index (χ3v) is 2.27. The van der Waals surface area contributed by atoms with Crippen molar-refractivity contribution >= 4 is 23.4 Å². The Labute approximate surface area is 102 Å². The highest BCUT2D eigenvalue weighted by molar-refractivity contribution is 6.17. The van der Waals surface area contributed by atoms with E-state index in [1.807, 2.05) is 0 Å². The first kappa shape index (κ1) is 13.6. The number of carbonyl (C=O) groups is 1. The third kappa shape index (κ3) is 3.03. The maximum absolute atomic E-state index is 12.8. The van der Waals surface area contributed by atoms with Gasteiger partial charge in [0.05, 0.1) is 12.2 Å². The highest BCUT2D eigenvalue weighted by atomic mass is 35.5. The van der Waals surface area contributed by atoms with Crippen molar-refractivity contribution in [3.05, 3.63) is 22.9 Å². The van der Waals surface area contributed by atoms with Gasteiger partial charge in [0.2, 0.25) is 0 Å². The van der Waals surface area contributed by atoms with Crippen LogP contribution in [-0.4, -0.2) is 17.6 Å². The van der Waals surface area contributed by atoms with Gasteiger partial charge < -0.3 is 10.5 Å². The van der Waals surface area contributed by atoms with Crippen LogP contribution in [0.25, 0.3) is 0 Å². The minimum absolute atomic E-state index is 0.0770. The number of pyridine rings is 1. The van der Waals surface area contributed by atoms with Gasteiger partial charge in [-0.2, -0.15) is 0 Å². The standard InChI is InChI=1S/C10H11ClF2N2O2/c1-2-17-10(16)7-5(4-11)3-6(14)15-8(7)9(12)13/h3,9H,2,4H2,1H3,(H2,14,15). The fourth-order valence-corrected chi connectivity index (χ4v) is 1.56. The summed E-state index contributed by atoms with van der Waals surface area (Å²) < 4.78 is 30.2. The Morgan fingerprint density at radius 2 is 2.29 bits per heavy atom. The largest absolute Gasteiger partial charge is 0.462 e. The number of rotatable bonds is 4. The summed E-state index contributed by atoms with van der Waals surface area (Å²) in [6.45, 7) is 1.65. The van der Waals surface area contributed by atoms with Crippen molar-refractivity contribution < 1.29 is 18.3 Å². The van der Waals surface area contributed by atoms with E-state index in [9.17, 15) is 13.6 Å². The third-order valence-electron chi connectivity index (χ3n) is 1.98. The number of halogens is 3. The molecular weight excluding hydrogens is 254 g/mol. The Morgan fingerprint density at radius 1 is 1.65 bits per heavy atom. The summed E-state index contributed by atoms with van der Waals surface area (Å²) in [6.07, 6.45) is -2.92. The number of carbonyl (C=O) groups excluding carboxylic acids is 1. The lowest BCUT2D eigenvalue weighted by atomic mass is 10.1. The lowest BCUT2D eigenvalue weighted by Gasteiger charge is -2.12. The summed E-state index contributed by atoms with van der Waals surface area (Å²) in [7, 11) is 0. The molecule has 0 saturated heterocycles. The van der Waals surface area contributed by atoms with Crippen molar-refractivity contribution in [1.82, 2.24) is 4.98 Å². The maximum Gasteiger partial charge on any atom is 0.340 e. The fourth-order valence-electron chi connectivity index (χ4n) is 1.34. The molecule has 7 heteroatoms. The highest BCUT2D eigenvalue weighted by Gasteiger charge is 2.25. The van der Waals surface area contributed by atoms with Crippen molar-refractivity contribution in [2.24, 2.45) is 0 Å². The molecule has 0 unspecified atom stereocenters. The Balaban J connectivity index is 3.36. The smallest absolute Gasteiger partial charge is 0.340 e. The molecule has 2 N–H and O–H groups in total. The van der Waals surface area contributed by atoms with Crippen LogP contribution in [-0.2, 0) is 10.6 Å². The van der Waals surface area contributed by atoms with Crippen molar-refractivity contribution in [2.45, 2.75) is 19.2 Å². The summed E-state index contributed by atoms with van der Waals surface area (Å²) in [5.74, 6) is -1.10. The predicted octanol–water partition coefficient (Wildman–Crippen LogP) is 2.52. The van der Waals surface area contributed by atoms with Gasteiger partial charge in [-0.15, -0.1) is 11.6 Å². The molecule has 0 bridgehead atoms. The predicted molar refractivity (Wildman–Crippen MR) is 59.1 cm³/mol. The van der Waals surface area contributed by atoms with Crippen molar-refractivity contribution in [3.8, 4) is 0 Å². The first-order valence-corrected chi connectivity index (χ1v) is 5.35. The molecule has 4 nitrogen and oxygen atoms in total. The maximum atomic E-state index is 12.8. The van der Waals surface area contributed by atoms with Gasteiger partial charge in [0, 0.05) is 5.88 Å². The van der Waals surface area contributed by atoms with Crippen LogP contribution in [0.3, 0.4) is 0 Å². The van der Waals surface area contributed by atoms with E-state index in [1.54, 1.807) is 6.92 Å². The van der Waals surface area contributed by atoms with E-state index in [0.29, 0.717) is 0 Å². The number of aromatic nitrogens is 1. The molecule has 0 fully saturated rings. The van der Waals surface area contributed by atoms with Gasteiger partial charge in [-0.3, -0.25) is 0 Å². The van der Waals surface area contributed by atoms with Crippen LogP contribution < -0.4 is 5.73 Å². The number of alkyl halides is 3. The fraction of sp³-hybridized carbons (Fsp3) is 0.400. The van der Waals surface area contributed by atoms with Gasteiger partial charge >= 0.3 is 5.97 Å². The Morgan fingerprint density at radius 3 is 2.76 bits per heavy atom. The monoisotopic (exact) mass is 264 g/mol. The van der Waals surface area contributed by atoms with Crippen LogP contribution >= 0.6 is 11.6 Å². The first-order chi connectivity index (χ1) is 8.01. The number of nitrogens with zero attached hydrogens (tertiary/aromatic N) is 1. The second-order valence-electron chi connectivity index (χ2n) is 3.12. The lowest BCUT2D eigenvalue weighted by Crippen LogP contribution is -2.14. The molecular formula is C10H11ClF2N2O2. The summed E-state index contributed by atoms with van der Waals surface area (Å²) in [6, 6.07) is 1.28. The molecule has 0 aliphatic carbocycles. The van der Waals surface area contributed by atoms with Crippen molar-refractivity contribution in [3.63, 3.8) is 0 Å². The molecule has 1 aromatic rings. The van der Waals surface area contributed by atoms with Crippen molar-refractivity contribution in [2.75, 3.05) is 12.3 Å². The van der Waals surface area contributed by atoms with Crippen LogP contribution in [0.5, 0.6) is 0 Å². The van der Waals surface area contributed by atoms with Crippen LogP contribution in [0.15, 0.2) is 6.07 Å². The van der Waals surface area contributed by atoms with Gasteiger partial charge in [-0.05, 0) is 18.6 Å². The zero-order valence-electron chi connectivity index (χ0n) is 9.04. The van der Waals surface area contributed by atoms with E-state index < -0.39 is 18.1 Å². The molecule has 0 saturated carbocycles. The molecule has 0 aliphatic rings. The van der Waals surface area contributed by atoms with E-state index in [0.717, 1.165) is 0 Å². The molecule has 0 aliphatic heterocycles. The summed E-state index contributed by atoms with van der Waals surface area (Å²) in [5, 5.41) is 0. The average molecular weight is 265 g/mol. The average Bonchev–Trinajstić information content (AvgIpc) is 2.27. The number of nitrogen functional groups attached to an aromatic ring is 1. The quantitative estimate of drug-likeness (QED) is 0.670. The van der Waals surface area contributed by atoms with Gasteiger partial charge in [-0.1, -0.05) is 0 Å². The van der Waals surface area contributed by atoms with E-state index in [1.165, 1.54) is 6.07 Å². The molecule has 0 spiro atoms. The topological polar surface area (TPSA) is 65.2 Å². The van der Waals surface area contributed by atoms with Crippen LogP contribution in [0.1, 0.15) is 35.0 Å². The molecule has 0 amide bonds. The van der Waals surface area contributed by atoms with Gasteiger partial charge in [0.15, 0.2) is 0 Å². The SMILES string of the molecule is CCOC(=O)c1c(CCl)cc(N)nc1C(F)F. The normalized spacial score (nSPS) is 10.6. The van der Waals surface area contributed by atoms with E-state index in [-0.39, 0.29) is 29.4 Å². The minimum Gasteiger partial charge on any atom is -0.462 e. The van der Waals surface area contributed by atoms with Crippen LogP contribution in [0.4, 0.5) is 14.6 Å². The second-order valence-corrected chi connectivity index (χ2v) is 3.39. The Bertz CT molecular complexity index is 427. The van der Waals surface area contributed by atoms with Crippen LogP contribution in [0, 0.1) is 0 Å². The summed E-state index contributed by atoms with van der Waals surface area (Å²) >= 11 is 5.59.